The van der Waals surface area contributed by atoms with Crippen LogP contribution >= 0.6 is 0 Å². The van der Waals surface area contributed by atoms with Crippen molar-refractivity contribution >= 4 is 16.9 Å². The van der Waals surface area contributed by atoms with Crippen LogP contribution in [0.15, 0.2) is 24.3 Å². The number of fused-ring (bicyclic) bond motifs is 1. The molecule has 1 atom stereocenters. The molecule has 1 N–H and O–H groups in total. The Morgan fingerprint density at radius 3 is 2.62 bits per heavy atom. The Balaban J connectivity index is 1.88. The number of aliphatic hydroxyl groups excluding tert-OH is 1. The molecule has 130 valence electrons. The third-order valence-corrected chi connectivity index (χ3v) is 4.80. The molecule has 1 fully saturated rings. The Morgan fingerprint density at radius 2 is 1.92 bits per heavy atom. The summed E-state index contributed by atoms with van der Waals surface area (Å²) in [6, 6.07) is 7.80. The van der Waals surface area contributed by atoms with Gasteiger partial charge in [0.05, 0.1) is 11.0 Å². The Bertz CT molecular complexity index is 687. The summed E-state index contributed by atoms with van der Waals surface area (Å²) in [6.45, 7) is 3.99. The Kier molecular flexibility index (Phi) is 5.51. The van der Waals surface area contributed by atoms with E-state index in [-0.39, 0.29) is 12.5 Å². The minimum atomic E-state index is -0.626. The fourth-order valence-corrected chi connectivity index (χ4v) is 3.47. The number of likely N-dealkylation sites (tertiary alicyclic amines) is 1. The summed E-state index contributed by atoms with van der Waals surface area (Å²) in [4.78, 5) is 19.4. The molecule has 5 nitrogen and oxygen atoms in total. The highest BCUT2D eigenvalue weighted by Crippen LogP contribution is 2.24. The second kappa shape index (κ2) is 7.79. The molecule has 0 bridgehead atoms. The first kappa shape index (κ1) is 17.0. The molecule has 0 unspecified atom stereocenters. The van der Waals surface area contributed by atoms with E-state index in [4.69, 9.17) is 0 Å². The fraction of sp³-hybridized carbons (Fsp3) is 0.579. The normalized spacial score (nSPS) is 17.0. The zero-order valence-electron chi connectivity index (χ0n) is 14.4. The quantitative estimate of drug-likeness (QED) is 0.916. The number of aliphatic hydroxyl groups is 1. The number of carbonyl (C=O) groups excluding carboxylic acids is 1. The molecule has 1 aliphatic heterocycles. The third-order valence-electron chi connectivity index (χ3n) is 4.80. The molecule has 1 aromatic carbocycles. The summed E-state index contributed by atoms with van der Waals surface area (Å²) in [6.07, 6.45) is 5.49. The number of hydrogen-bond donors (Lipinski definition) is 1. The topological polar surface area (TPSA) is 58.4 Å². The summed E-state index contributed by atoms with van der Waals surface area (Å²) in [5, 5.41) is 10.5. The maximum Gasteiger partial charge on any atom is 0.242 e. The van der Waals surface area contributed by atoms with E-state index in [2.05, 4.69) is 4.98 Å². The lowest BCUT2D eigenvalue weighted by atomic mass is 10.2. The van der Waals surface area contributed by atoms with E-state index in [1.807, 2.05) is 40.7 Å². The van der Waals surface area contributed by atoms with Crippen LogP contribution in [0.2, 0.25) is 0 Å². The summed E-state index contributed by atoms with van der Waals surface area (Å²) in [5.41, 5.74) is 1.76. The fourth-order valence-electron chi connectivity index (χ4n) is 3.47. The maximum atomic E-state index is 12.8. The Morgan fingerprint density at radius 1 is 1.21 bits per heavy atom. The number of benzene rings is 1. The van der Waals surface area contributed by atoms with Gasteiger partial charge in [0.1, 0.15) is 18.5 Å². The lowest BCUT2D eigenvalue weighted by Gasteiger charge is -2.22. The predicted octanol–water partition coefficient (Wildman–Crippen LogP) is 3.27. The SMILES string of the molecule is CCC[C@H](O)c1nc2ccccc2n1CC(=O)N1CCCCCC1. The maximum absolute atomic E-state index is 12.8. The van der Waals surface area contributed by atoms with Gasteiger partial charge in [-0.05, 0) is 31.4 Å². The summed E-state index contributed by atoms with van der Waals surface area (Å²) < 4.78 is 1.91. The van der Waals surface area contributed by atoms with Gasteiger partial charge in [0.2, 0.25) is 5.91 Å². The van der Waals surface area contributed by atoms with Crippen LogP contribution in [0.3, 0.4) is 0 Å². The van der Waals surface area contributed by atoms with Crippen LogP contribution in [0.5, 0.6) is 0 Å². The van der Waals surface area contributed by atoms with E-state index >= 15 is 0 Å². The van der Waals surface area contributed by atoms with Gasteiger partial charge in [0.15, 0.2) is 0 Å². The molecule has 1 aromatic heterocycles. The van der Waals surface area contributed by atoms with Gasteiger partial charge in [-0.2, -0.15) is 0 Å². The van der Waals surface area contributed by atoms with Gasteiger partial charge in [0.25, 0.3) is 0 Å². The van der Waals surface area contributed by atoms with Crippen LogP contribution < -0.4 is 0 Å². The average molecular weight is 329 g/mol. The number of carbonyl (C=O) groups is 1. The van der Waals surface area contributed by atoms with E-state index in [1.54, 1.807) is 0 Å². The van der Waals surface area contributed by atoms with Crippen molar-refractivity contribution < 1.29 is 9.90 Å². The Labute approximate surface area is 143 Å². The predicted molar refractivity (Wildman–Crippen MR) is 94.6 cm³/mol. The van der Waals surface area contributed by atoms with Gasteiger partial charge < -0.3 is 14.6 Å². The lowest BCUT2D eigenvalue weighted by Crippen LogP contribution is -2.35. The molecule has 0 saturated carbocycles. The van der Waals surface area contributed by atoms with E-state index < -0.39 is 6.10 Å². The molecular weight excluding hydrogens is 302 g/mol. The molecule has 2 heterocycles. The number of hydrogen-bond acceptors (Lipinski definition) is 3. The molecule has 0 radical (unpaired) electrons. The molecule has 0 spiro atoms. The van der Waals surface area contributed by atoms with Crippen LogP contribution in [-0.2, 0) is 11.3 Å². The van der Waals surface area contributed by atoms with Crippen molar-refractivity contribution in [1.29, 1.82) is 0 Å². The molecule has 24 heavy (non-hydrogen) atoms. The highest BCUT2D eigenvalue weighted by atomic mass is 16.3. The first-order valence-corrected chi connectivity index (χ1v) is 9.11. The second-order valence-corrected chi connectivity index (χ2v) is 6.64. The van der Waals surface area contributed by atoms with Crippen LogP contribution in [0.25, 0.3) is 11.0 Å². The number of amides is 1. The van der Waals surface area contributed by atoms with Crippen LogP contribution in [0.4, 0.5) is 0 Å². The zero-order chi connectivity index (χ0) is 16.9. The molecule has 2 aromatic rings. The van der Waals surface area contributed by atoms with E-state index in [9.17, 15) is 9.90 Å². The van der Waals surface area contributed by atoms with Gasteiger partial charge in [-0.25, -0.2) is 4.98 Å². The standard InChI is InChI=1S/C19H27N3O2/c1-2-9-17(23)19-20-15-10-5-6-11-16(15)22(19)14-18(24)21-12-7-3-4-8-13-21/h5-6,10-11,17,23H,2-4,7-9,12-14H2,1H3/t17-/m0/s1. The summed E-state index contributed by atoms with van der Waals surface area (Å²) in [5.74, 6) is 0.742. The van der Waals surface area contributed by atoms with Crippen LogP contribution in [0.1, 0.15) is 57.4 Å². The van der Waals surface area contributed by atoms with Gasteiger partial charge in [-0.3, -0.25) is 4.79 Å². The van der Waals surface area contributed by atoms with Crippen molar-refractivity contribution in [3.05, 3.63) is 30.1 Å². The smallest absolute Gasteiger partial charge is 0.242 e. The van der Waals surface area contributed by atoms with Gasteiger partial charge >= 0.3 is 0 Å². The highest BCUT2D eigenvalue weighted by Gasteiger charge is 2.22. The largest absolute Gasteiger partial charge is 0.385 e. The minimum absolute atomic E-state index is 0.130. The van der Waals surface area contributed by atoms with Crippen LogP contribution in [0, 0.1) is 0 Å². The second-order valence-electron chi connectivity index (χ2n) is 6.64. The number of imidazole rings is 1. The van der Waals surface area contributed by atoms with Crippen LogP contribution in [-0.4, -0.2) is 38.6 Å². The Hall–Kier alpha value is -1.88. The van der Waals surface area contributed by atoms with Crippen molar-refractivity contribution in [3.63, 3.8) is 0 Å². The van der Waals surface area contributed by atoms with Gasteiger partial charge in [0, 0.05) is 13.1 Å². The molecule has 0 aliphatic carbocycles. The summed E-state index contributed by atoms with van der Waals surface area (Å²) in [7, 11) is 0. The van der Waals surface area contributed by atoms with Gasteiger partial charge in [-0.15, -0.1) is 0 Å². The minimum Gasteiger partial charge on any atom is -0.385 e. The molecule has 1 aliphatic rings. The number of rotatable bonds is 5. The van der Waals surface area contributed by atoms with Crippen molar-refractivity contribution in [2.24, 2.45) is 0 Å². The molecule has 1 amide bonds. The van der Waals surface area contributed by atoms with Gasteiger partial charge in [-0.1, -0.05) is 38.3 Å². The third kappa shape index (κ3) is 3.61. The van der Waals surface area contributed by atoms with Crippen molar-refractivity contribution in [1.82, 2.24) is 14.5 Å². The lowest BCUT2D eigenvalue weighted by molar-refractivity contribution is -0.131. The molecular formula is C19H27N3O2. The number of para-hydroxylation sites is 2. The first-order valence-electron chi connectivity index (χ1n) is 9.11. The highest BCUT2D eigenvalue weighted by molar-refractivity contribution is 5.81. The monoisotopic (exact) mass is 329 g/mol. The summed E-state index contributed by atoms with van der Waals surface area (Å²) >= 11 is 0. The van der Waals surface area contributed by atoms with E-state index in [0.717, 1.165) is 43.4 Å². The first-order chi connectivity index (χ1) is 11.7. The molecule has 5 heteroatoms. The van der Waals surface area contributed by atoms with Crippen molar-refractivity contribution in [2.45, 2.75) is 58.1 Å². The average Bonchev–Trinajstić information content (AvgIpc) is 2.76. The van der Waals surface area contributed by atoms with Crippen molar-refractivity contribution in [3.8, 4) is 0 Å². The van der Waals surface area contributed by atoms with Crippen molar-refractivity contribution in [2.75, 3.05) is 13.1 Å². The van der Waals surface area contributed by atoms with E-state index in [0.29, 0.717) is 12.2 Å². The number of nitrogens with zero attached hydrogens (tertiary/aromatic N) is 3. The molecule has 3 rings (SSSR count). The zero-order valence-corrected chi connectivity index (χ0v) is 14.4. The number of aromatic nitrogens is 2. The molecule has 1 saturated heterocycles. The van der Waals surface area contributed by atoms with E-state index in [1.165, 1.54) is 12.8 Å².